The Labute approximate surface area is 122 Å². The number of nitrogen functional groups attached to an aromatic ring is 1. The Hall–Kier alpha value is -2.12. The largest absolute Gasteiger partial charge is 0.455 e. The van der Waals surface area contributed by atoms with Crippen molar-refractivity contribution in [3.8, 4) is 11.5 Å². The van der Waals surface area contributed by atoms with Gasteiger partial charge >= 0.3 is 0 Å². The van der Waals surface area contributed by atoms with Gasteiger partial charge in [0.25, 0.3) is 0 Å². The maximum absolute atomic E-state index is 12.8. The van der Waals surface area contributed by atoms with Gasteiger partial charge < -0.3 is 10.5 Å². The Kier molecular flexibility index (Phi) is 4.15. The molecule has 0 bridgehead atoms. The van der Waals surface area contributed by atoms with Crippen LogP contribution in [-0.4, -0.2) is 26.8 Å². The van der Waals surface area contributed by atoms with Crippen molar-refractivity contribution >= 4 is 15.7 Å². The number of hydrogen-bond acceptors (Lipinski definition) is 4. The van der Waals surface area contributed by atoms with Crippen LogP contribution in [0.1, 0.15) is 0 Å². The Morgan fingerprint density at radius 2 is 1.71 bits per heavy atom. The molecule has 0 amide bonds. The second-order valence-electron chi connectivity index (χ2n) is 4.54. The van der Waals surface area contributed by atoms with E-state index in [1.807, 2.05) is 0 Å². The molecular formula is C14H15FN2O3S. The van der Waals surface area contributed by atoms with Gasteiger partial charge in [0, 0.05) is 14.1 Å². The van der Waals surface area contributed by atoms with E-state index in [4.69, 9.17) is 10.5 Å². The number of rotatable bonds is 4. The highest BCUT2D eigenvalue weighted by Gasteiger charge is 2.18. The fraction of sp³-hybridized carbons (Fsp3) is 0.143. The highest BCUT2D eigenvalue weighted by atomic mass is 32.2. The molecule has 0 fully saturated rings. The van der Waals surface area contributed by atoms with Crippen molar-refractivity contribution in [1.82, 2.24) is 4.31 Å². The molecule has 2 N–H and O–H groups in total. The fourth-order valence-corrected chi connectivity index (χ4v) is 2.56. The van der Waals surface area contributed by atoms with Crippen molar-refractivity contribution in [2.75, 3.05) is 19.8 Å². The lowest BCUT2D eigenvalue weighted by Crippen LogP contribution is -2.22. The average molecular weight is 310 g/mol. The first-order valence-electron chi connectivity index (χ1n) is 6.06. The van der Waals surface area contributed by atoms with Crippen LogP contribution in [0.25, 0.3) is 0 Å². The quantitative estimate of drug-likeness (QED) is 0.880. The predicted molar refractivity (Wildman–Crippen MR) is 78.2 cm³/mol. The van der Waals surface area contributed by atoms with E-state index in [0.717, 1.165) is 4.31 Å². The van der Waals surface area contributed by atoms with Crippen molar-refractivity contribution in [3.05, 3.63) is 48.3 Å². The summed E-state index contributed by atoms with van der Waals surface area (Å²) in [7, 11) is -0.669. The molecule has 2 aromatic carbocycles. The van der Waals surface area contributed by atoms with Crippen molar-refractivity contribution in [2.45, 2.75) is 4.90 Å². The molecule has 21 heavy (non-hydrogen) atoms. The van der Waals surface area contributed by atoms with Crippen molar-refractivity contribution in [2.24, 2.45) is 0 Å². The van der Waals surface area contributed by atoms with E-state index in [1.54, 1.807) is 0 Å². The first-order valence-corrected chi connectivity index (χ1v) is 7.50. The van der Waals surface area contributed by atoms with Gasteiger partial charge in [0.05, 0.1) is 10.6 Å². The number of benzene rings is 2. The third-order valence-corrected chi connectivity index (χ3v) is 4.61. The Morgan fingerprint density at radius 3 is 2.24 bits per heavy atom. The van der Waals surface area contributed by atoms with Crippen LogP contribution in [0.4, 0.5) is 10.1 Å². The van der Waals surface area contributed by atoms with Gasteiger partial charge in [-0.2, -0.15) is 0 Å². The Balaban J connectivity index is 2.30. The van der Waals surface area contributed by atoms with Crippen molar-refractivity contribution in [3.63, 3.8) is 0 Å². The molecule has 0 aliphatic carbocycles. The van der Waals surface area contributed by atoms with E-state index in [-0.39, 0.29) is 16.4 Å². The van der Waals surface area contributed by atoms with Crippen LogP contribution >= 0.6 is 0 Å². The molecule has 0 aliphatic rings. The van der Waals surface area contributed by atoms with Crippen molar-refractivity contribution in [1.29, 1.82) is 0 Å². The summed E-state index contributed by atoms with van der Waals surface area (Å²) in [5.41, 5.74) is 6.00. The van der Waals surface area contributed by atoms with Crippen LogP contribution in [0.5, 0.6) is 11.5 Å². The van der Waals surface area contributed by atoms with Gasteiger partial charge in [0.15, 0.2) is 0 Å². The topological polar surface area (TPSA) is 72.6 Å². The monoisotopic (exact) mass is 310 g/mol. The molecule has 0 unspecified atom stereocenters. The average Bonchev–Trinajstić information content (AvgIpc) is 2.43. The summed E-state index contributed by atoms with van der Waals surface area (Å²) in [6, 6.07) is 9.64. The SMILES string of the molecule is CN(C)S(=O)(=O)c1ccc(Oc2ccc(F)cc2)c(N)c1. The zero-order valence-corrected chi connectivity index (χ0v) is 12.4. The zero-order chi connectivity index (χ0) is 15.6. The minimum Gasteiger partial charge on any atom is -0.455 e. The van der Waals surface area contributed by atoms with Crippen molar-refractivity contribution < 1.29 is 17.5 Å². The number of sulfonamides is 1. The van der Waals surface area contributed by atoms with Crippen LogP contribution in [-0.2, 0) is 10.0 Å². The number of ether oxygens (including phenoxy) is 1. The molecule has 0 saturated carbocycles. The lowest BCUT2D eigenvalue weighted by molar-refractivity contribution is 0.482. The van der Waals surface area contributed by atoms with E-state index in [1.165, 1.54) is 56.6 Å². The summed E-state index contributed by atoms with van der Waals surface area (Å²) in [4.78, 5) is 0.0801. The van der Waals surface area contributed by atoms with Gasteiger partial charge in [-0.1, -0.05) is 0 Å². The van der Waals surface area contributed by atoms with Gasteiger partial charge in [-0.05, 0) is 42.5 Å². The molecule has 0 heterocycles. The van der Waals surface area contributed by atoms with Gasteiger partial charge in [-0.15, -0.1) is 0 Å². The molecule has 0 aliphatic heterocycles. The third kappa shape index (κ3) is 3.32. The molecule has 2 rings (SSSR count). The lowest BCUT2D eigenvalue weighted by Gasteiger charge is -2.13. The molecule has 0 atom stereocenters. The zero-order valence-electron chi connectivity index (χ0n) is 11.6. The number of nitrogens with two attached hydrogens (primary N) is 1. The highest BCUT2D eigenvalue weighted by molar-refractivity contribution is 7.89. The van der Waals surface area contributed by atoms with E-state index < -0.39 is 10.0 Å². The number of anilines is 1. The summed E-state index contributed by atoms with van der Waals surface area (Å²) in [6.45, 7) is 0. The van der Waals surface area contributed by atoms with Crippen LogP contribution in [0.15, 0.2) is 47.4 Å². The van der Waals surface area contributed by atoms with E-state index in [2.05, 4.69) is 0 Å². The van der Waals surface area contributed by atoms with Gasteiger partial charge in [-0.25, -0.2) is 17.1 Å². The summed E-state index contributed by atoms with van der Waals surface area (Å²) in [5.74, 6) is 0.341. The first kappa shape index (κ1) is 15.3. The summed E-state index contributed by atoms with van der Waals surface area (Å²) in [6.07, 6.45) is 0. The number of hydrogen-bond donors (Lipinski definition) is 1. The standard InChI is InChI=1S/C14H15FN2O3S/c1-17(2)21(18,19)12-7-8-14(13(16)9-12)20-11-5-3-10(15)4-6-11/h3-9H,16H2,1-2H3. The number of halogens is 1. The van der Waals surface area contributed by atoms with Crippen LogP contribution < -0.4 is 10.5 Å². The molecule has 112 valence electrons. The fourth-order valence-electron chi connectivity index (χ4n) is 1.62. The minimum atomic E-state index is -3.55. The molecule has 5 nitrogen and oxygen atoms in total. The Morgan fingerprint density at radius 1 is 1.10 bits per heavy atom. The number of nitrogens with zero attached hydrogens (tertiary/aromatic N) is 1. The second kappa shape index (κ2) is 5.71. The smallest absolute Gasteiger partial charge is 0.242 e. The van der Waals surface area contributed by atoms with Crippen LogP contribution in [0.3, 0.4) is 0 Å². The molecule has 2 aromatic rings. The Bertz CT molecular complexity index is 743. The van der Waals surface area contributed by atoms with Crippen LogP contribution in [0.2, 0.25) is 0 Å². The normalized spacial score (nSPS) is 11.6. The molecule has 0 spiro atoms. The maximum atomic E-state index is 12.8. The molecule has 0 radical (unpaired) electrons. The molecule has 0 saturated heterocycles. The highest BCUT2D eigenvalue weighted by Crippen LogP contribution is 2.30. The molecule has 0 aromatic heterocycles. The summed E-state index contributed by atoms with van der Waals surface area (Å²) < 4.78 is 43.4. The predicted octanol–water partition coefficient (Wildman–Crippen LogP) is 2.45. The van der Waals surface area contributed by atoms with Gasteiger partial charge in [0.2, 0.25) is 10.0 Å². The van der Waals surface area contributed by atoms with E-state index >= 15 is 0 Å². The van der Waals surface area contributed by atoms with Crippen LogP contribution in [0, 0.1) is 5.82 Å². The molecular weight excluding hydrogens is 295 g/mol. The first-order chi connectivity index (χ1) is 9.80. The van der Waals surface area contributed by atoms with Gasteiger partial charge in [-0.3, -0.25) is 0 Å². The summed E-state index contributed by atoms with van der Waals surface area (Å²) in [5, 5.41) is 0. The van der Waals surface area contributed by atoms with E-state index in [9.17, 15) is 12.8 Å². The molecule has 7 heteroatoms. The van der Waals surface area contributed by atoms with Gasteiger partial charge in [0.1, 0.15) is 17.3 Å². The second-order valence-corrected chi connectivity index (χ2v) is 6.69. The van der Waals surface area contributed by atoms with E-state index in [0.29, 0.717) is 11.5 Å². The lowest BCUT2D eigenvalue weighted by atomic mass is 10.3. The summed E-state index contributed by atoms with van der Waals surface area (Å²) >= 11 is 0. The maximum Gasteiger partial charge on any atom is 0.242 e. The third-order valence-electron chi connectivity index (χ3n) is 2.80. The minimum absolute atomic E-state index is 0.0801.